The van der Waals surface area contributed by atoms with Gasteiger partial charge in [0.15, 0.2) is 0 Å². The number of anilines is 2. The summed E-state index contributed by atoms with van der Waals surface area (Å²) in [4.78, 5) is 27.4. The number of benzene rings is 1. The fraction of sp³-hybridized carbons (Fsp3) is 0.188. The van der Waals surface area contributed by atoms with E-state index in [1.54, 1.807) is 24.3 Å². The first-order valence-electron chi connectivity index (χ1n) is 6.80. The highest BCUT2D eigenvalue weighted by molar-refractivity contribution is 6.05. The van der Waals surface area contributed by atoms with Gasteiger partial charge in [0.05, 0.1) is 19.9 Å². The van der Waals surface area contributed by atoms with E-state index in [4.69, 9.17) is 9.47 Å². The summed E-state index contributed by atoms with van der Waals surface area (Å²) in [5.41, 5.74) is 0.836. The summed E-state index contributed by atoms with van der Waals surface area (Å²) in [7, 11) is 3.05. The molecule has 0 unspecified atom stereocenters. The predicted octanol–water partition coefficient (Wildman–Crippen LogP) is 2.31. The van der Waals surface area contributed by atoms with Crippen molar-refractivity contribution in [3.63, 3.8) is 0 Å². The number of nitrogens with zero attached hydrogens (tertiary/aromatic N) is 1. The molecule has 7 heteroatoms. The van der Waals surface area contributed by atoms with E-state index in [1.165, 1.54) is 33.4 Å². The third-order valence-electron chi connectivity index (χ3n) is 2.98. The number of carbonyl (C=O) groups is 2. The molecule has 1 aromatic heterocycles. The first kappa shape index (κ1) is 16.3. The van der Waals surface area contributed by atoms with Crippen molar-refractivity contribution in [2.75, 3.05) is 24.9 Å². The quantitative estimate of drug-likeness (QED) is 0.883. The maximum atomic E-state index is 12.4. The van der Waals surface area contributed by atoms with E-state index in [0.29, 0.717) is 28.6 Å². The Balaban J connectivity index is 2.23. The Morgan fingerprint density at radius 3 is 2.48 bits per heavy atom. The molecule has 1 aromatic carbocycles. The Bertz CT molecular complexity index is 731. The van der Waals surface area contributed by atoms with Gasteiger partial charge in [0.1, 0.15) is 17.3 Å². The molecule has 0 aliphatic carbocycles. The van der Waals surface area contributed by atoms with Crippen molar-refractivity contribution in [2.24, 2.45) is 0 Å². The zero-order chi connectivity index (χ0) is 16.8. The van der Waals surface area contributed by atoms with Gasteiger partial charge in [-0.1, -0.05) is 0 Å². The number of hydrogen-bond donors (Lipinski definition) is 2. The molecule has 0 radical (unpaired) electrons. The van der Waals surface area contributed by atoms with Gasteiger partial charge in [0, 0.05) is 24.8 Å². The van der Waals surface area contributed by atoms with Crippen molar-refractivity contribution < 1.29 is 19.1 Å². The maximum Gasteiger partial charge on any atom is 0.255 e. The minimum absolute atomic E-state index is 0.260. The largest absolute Gasteiger partial charge is 0.497 e. The van der Waals surface area contributed by atoms with Crippen LogP contribution in [-0.4, -0.2) is 31.0 Å². The molecule has 0 atom stereocenters. The molecular formula is C16H17N3O4. The van der Waals surface area contributed by atoms with Crippen molar-refractivity contribution in [3.8, 4) is 11.5 Å². The van der Waals surface area contributed by atoms with Crippen LogP contribution in [0.4, 0.5) is 11.5 Å². The highest BCUT2D eigenvalue weighted by Gasteiger charge is 2.12. The molecule has 2 N–H and O–H groups in total. The molecule has 2 aromatic rings. The normalized spacial score (nSPS) is 9.87. The fourth-order valence-electron chi connectivity index (χ4n) is 1.93. The molecule has 7 nitrogen and oxygen atoms in total. The molecule has 1 heterocycles. The molecule has 0 saturated heterocycles. The van der Waals surface area contributed by atoms with Crippen LogP contribution in [0.25, 0.3) is 0 Å². The Morgan fingerprint density at radius 1 is 1.04 bits per heavy atom. The first-order chi connectivity index (χ1) is 11.0. The van der Waals surface area contributed by atoms with Crippen LogP contribution in [-0.2, 0) is 4.79 Å². The highest BCUT2D eigenvalue weighted by atomic mass is 16.5. The number of methoxy groups -OCH3 is 2. The summed E-state index contributed by atoms with van der Waals surface area (Å²) < 4.78 is 10.4. The molecule has 120 valence electrons. The van der Waals surface area contributed by atoms with Gasteiger partial charge in [-0.05, 0) is 24.3 Å². The summed E-state index contributed by atoms with van der Waals surface area (Å²) in [5.74, 6) is 0.794. The molecular weight excluding hydrogens is 298 g/mol. The van der Waals surface area contributed by atoms with Crippen molar-refractivity contribution in [1.29, 1.82) is 0 Å². The summed E-state index contributed by atoms with van der Waals surface area (Å²) in [5, 5.41) is 5.28. The van der Waals surface area contributed by atoms with E-state index in [9.17, 15) is 9.59 Å². The maximum absolute atomic E-state index is 12.4. The first-order valence-corrected chi connectivity index (χ1v) is 6.80. The van der Waals surface area contributed by atoms with E-state index >= 15 is 0 Å². The van der Waals surface area contributed by atoms with Gasteiger partial charge < -0.3 is 20.1 Å². The van der Waals surface area contributed by atoms with Crippen molar-refractivity contribution in [2.45, 2.75) is 6.92 Å². The average Bonchev–Trinajstić information content (AvgIpc) is 2.54. The third kappa shape index (κ3) is 4.19. The van der Waals surface area contributed by atoms with Gasteiger partial charge in [0.25, 0.3) is 5.91 Å². The smallest absolute Gasteiger partial charge is 0.255 e. The van der Waals surface area contributed by atoms with E-state index in [1.807, 2.05) is 0 Å². The zero-order valence-electron chi connectivity index (χ0n) is 13.0. The Hall–Kier alpha value is -3.09. The SMILES string of the molecule is COc1ccc(OC)c(NC(=O)c2ccnc(NC(C)=O)c2)c1. The second kappa shape index (κ2) is 7.26. The van der Waals surface area contributed by atoms with Gasteiger partial charge >= 0.3 is 0 Å². The molecule has 0 bridgehead atoms. The van der Waals surface area contributed by atoms with Crippen molar-refractivity contribution in [1.82, 2.24) is 4.98 Å². The number of rotatable bonds is 5. The molecule has 2 rings (SSSR count). The number of amides is 2. The van der Waals surface area contributed by atoms with Crippen LogP contribution in [0.15, 0.2) is 36.5 Å². The lowest BCUT2D eigenvalue weighted by atomic mass is 10.2. The number of hydrogen-bond acceptors (Lipinski definition) is 5. The Kier molecular flexibility index (Phi) is 5.14. The predicted molar refractivity (Wildman–Crippen MR) is 86.0 cm³/mol. The second-order valence-corrected chi connectivity index (χ2v) is 4.63. The van der Waals surface area contributed by atoms with Crippen molar-refractivity contribution in [3.05, 3.63) is 42.1 Å². The average molecular weight is 315 g/mol. The molecule has 0 aliphatic rings. The lowest BCUT2D eigenvalue weighted by molar-refractivity contribution is -0.114. The summed E-state index contributed by atoms with van der Waals surface area (Å²) in [6, 6.07) is 8.13. The molecule has 0 spiro atoms. The summed E-state index contributed by atoms with van der Waals surface area (Å²) in [6.07, 6.45) is 1.45. The number of aromatic nitrogens is 1. The van der Waals surface area contributed by atoms with Gasteiger partial charge in [-0.15, -0.1) is 0 Å². The van der Waals surface area contributed by atoms with Crippen LogP contribution >= 0.6 is 0 Å². The van der Waals surface area contributed by atoms with E-state index in [0.717, 1.165) is 0 Å². The number of pyridine rings is 1. The lowest BCUT2D eigenvalue weighted by Gasteiger charge is -2.12. The van der Waals surface area contributed by atoms with Crippen LogP contribution < -0.4 is 20.1 Å². The summed E-state index contributed by atoms with van der Waals surface area (Å²) >= 11 is 0. The van der Waals surface area contributed by atoms with Gasteiger partial charge in [0.2, 0.25) is 5.91 Å². The monoisotopic (exact) mass is 315 g/mol. The van der Waals surface area contributed by atoms with Gasteiger partial charge in [-0.25, -0.2) is 4.98 Å². The number of nitrogens with one attached hydrogen (secondary N) is 2. The molecule has 0 saturated carbocycles. The molecule has 2 amide bonds. The minimum atomic E-state index is -0.356. The van der Waals surface area contributed by atoms with Crippen LogP contribution in [0.2, 0.25) is 0 Å². The van der Waals surface area contributed by atoms with Crippen molar-refractivity contribution >= 4 is 23.3 Å². The van der Waals surface area contributed by atoms with Crippen LogP contribution in [0.5, 0.6) is 11.5 Å². The van der Waals surface area contributed by atoms with E-state index in [-0.39, 0.29) is 11.8 Å². The standard InChI is InChI=1S/C16H17N3O4/c1-10(20)18-15-8-11(6-7-17-15)16(21)19-13-9-12(22-2)4-5-14(13)23-3/h4-9H,1-3H3,(H,19,21)(H,17,18,20). The van der Waals surface area contributed by atoms with E-state index in [2.05, 4.69) is 15.6 Å². The Morgan fingerprint density at radius 2 is 1.83 bits per heavy atom. The van der Waals surface area contributed by atoms with E-state index < -0.39 is 0 Å². The number of ether oxygens (including phenoxy) is 2. The Labute approximate surface area is 133 Å². The van der Waals surface area contributed by atoms with Crippen LogP contribution in [0.3, 0.4) is 0 Å². The van der Waals surface area contributed by atoms with Crippen LogP contribution in [0.1, 0.15) is 17.3 Å². The van der Waals surface area contributed by atoms with Gasteiger partial charge in [-0.2, -0.15) is 0 Å². The summed E-state index contributed by atoms with van der Waals surface area (Å²) in [6.45, 7) is 1.37. The highest BCUT2D eigenvalue weighted by Crippen LogP contribution is 2.29. The second-order valence-electron chi connectivity index (χ2n) is 4.63. The lowest BCUT2D eigenvalue weighted by Crippen LogP contribution is -2.14. The number of carbonyl (C=O) groups excluding carboxylic acids is 2. The van der Waals surface area contributed by atoms with Crippen LogP contribution in [0, 0.1) is 0 Å². The minimum Gasteiger partial charge on any atom is -0.497 e. The fourth-order valence-corrected chi connectivity index (χ4v) is 1.93. The zero-order valence-corrected chi connectivity index (χ0v) is 13.0. The topological polar surface area (TPSA) is 89.6 Å². The third-order valence-corrected chi connectivity index (χ3v) is 2.98. The molecule has 0 aliphatic heterocycles. The molecule has 0 fully saturated rings. The molecule has 23 heavy (non-hydrogen) atoms. The van der Waals surface area contributed by atoms with Gasteiger partial charge in [-0.3, -0.25) is 9.59 Å².